The summed E-state index contributed by atoms with van der Waals surface area (Å²) in [7, 11) is 0. The fraction of sp³-hybridized carbons (Fsp3) is 0.333. The van der Waals surface area contributed by atoms with Gasteiger partial charge in [-0.15, -0.1) is 0 Å². The van der Waals surface area contributed by atoms with E-state index in [1.807, 2.05) is 0 Å². The first-order valence-electron chi connectivity index (χ1n) is 7.24. The van der Waals surface area contributed by atoms with Gasteiger partial charge in [-0.1, -0.05) is 24.3 Å². The van der Waals surface area contributed by atoms with Crippen LogP contribution >= 0.6 is 0 Å². The van der Waals surface area contributed by atoms with Crippen LogP contribution in [0, 0.1) is 20.8 Å². The second kappa shape index (κ2) is 4.55. The Morgan fingerprint density at radius 3 is 2.35 bits per heavy atom. The normalized spacial score (nSPS) is 17.2. The van der Waals surface area contributed by atoms with E-state index in [0.717, 1.165) is 29.8 Å². The Hall–Kier alpha value is -1.96. The average Bonchev–Trinajstić information content (AvgIpc) is 2.87. The summed E-state index contributed by atoms with van der Waals surface area (Å²) in [5.74, 6) is 0.396. The molecule has 0 saturated heterocycles. The Bertz CT molecular complexity index is 657. The number of benzene rings is 2. The van der Waals surface area contributed by atoms with E-state index in [4.69, 9.17) is 11.5 Å². The van der Waals surface area contributed by atoms with E-state index in [-0.39, 0.29) is 0 Å². The maximum atomic E-state index is 6.37. The van der Waals surface area contributed by atoms with Crippen LogP contribution in [0.15, 0.2) is 24.3 Å². The smallest absolute Gasteiger partial charge is 0.0592 e. The van der Waals surface area contributed by atoms with Gasteiger partial charge in [0, 0.05) is 5.92 Å². The van der Waals surface area contributed by atoms with Crippen molar-refractivity contribution in [3.8, 4) is 0 Å². The zero-order valence-corrected chi connectivity index (χ0v) is 12.5. The summed E-state index contributed by atoms with van der Waals surface area (Å²) in [5.41, 5.74) is 21.9. The number of rotatable bonds is 1. The highest BCUT2D eigenvalue weighted by molar-refractivity contribution is 5.76. The molecule has 0 fully saturated rings. The second-order valence-electron chi connectivity index (χ2n) is 5.91. The van der Waals surface area contributed by atoms with E-state index in [0.29, 0.717) is 5.92 Å². The molecule has 1 aliphatic carbocycles. The van der Waals surface area contributed by atoms with E-state index >= 15 is 0 Å². The number of hydrogen-bond acceptors (Lipinski definition) is 2. The third-order valence-electron chi connectivity index (χ3n) is 4.99. The Balaban J connectivity index is 2.23. The summed E-state index contributed by atoms with van der Waals surface area (Å²) in [6.07, 6.45) is 2.26. The molecule has 0 saturated carbocycles. The molecule has 2 nitrogen and oxygen atoms in total. The molecule has 0 bridgehead atoms. The molecule has 2 heteroatoms. The minimum absolute atomic E-state index is 0.396. The summed E-state index contributed by atoms with van der Waals surface area (Å²) in [5, 5.41) is 0. The largest absolute Gasteiger partial charge is 0.397 e. The van der Waals surface area contributed by atoms with Gasteiger partial charge in [-0.25, -0.2) is 0 Å². The third-order valence-corrected chi connectivity index (χ3v) is 4.99. The van der Waals surface area contributed by atoms with Gasteiger partial charge in [0.1, 0.15) is 0 Å². The summed E-state index contributed by atoms with van der Waals surface area (Å²) >= 11 is 0. The molecule has 3 rings (SSSR count). The highest BCUT2D eigenvalue weighted by Gasteiger charge is 2.28. The predicted molar refractivity (Wildman–Crippen MR) is 86.1 cm³/mol. The van der Waals surface area contributed by atoms with Crippen LogP contribution in [0.3, 0.4) is 0 Å². The zero-order chi connectivity index (χ0) is 14.4. The molecule has 2 aromatic rings. The van der Waals surface area contributed by atoms with Crippen LogP contribution in [0.1, 0.15) is 45.7 Å². The lowest BCUT2D eigenvalue weighted by Crippen LogP contribution is -2.10. The van der Waals surface area contributed by atoms with Gasteiger partial charge >= 0.3 is 0 Å². The van der Waals surface area contributed by atoms with E-state index < -0.39 is 0 Å². The molecular formula is C18H22N2. The Morgan fingerprint density at radius 1 is 0.900 bits per heavy atom. The first kappa shape index (κ1) is 13.0. The van der Waals surface area contributed by atoms with Crippen molar-refractivity contribution in [3.05, 3.63) is 57.6 Å². The van der Waals surface area contributed by atoms with Crippen molar-refractivity contribution in [1.29, 1.82) is 0 Å². The summed E-state index contributed by atoms with van der Waals surface area (Å²) in [6, 6.07) is 8.70. The van der Waals surface area contributed by atoms with Crippen LogP contribution < -0.4 is 11.5 Å². The average molecular weight is 266 g/mol. The van der Waals surface area contributed by atoms with Gasteiger partial charge in [0.2, 0.25) is 0 Å². The number of nitrogen functional groups attached to an aromatic ring is 2. The van der Waals surface area contributed by atoms with Gasteiger partial charge in [-0.05, 0) is 67.0 Å². The van der Waals surface area contributed by atoms with E-state index in [9.17, 15) is 0 Å². The molecule has 0 radical (unpaired) electrons. The first-order chi connectivity index (χ1) is 9.52. The van der Waals surface area contributed by atoms with Crippen LogP contribution in [0.4, 0.5) is 11.4 Å². The zero-order valence-electron chi connectivity index (χ0n) is 12.5. The number of hydrogen-bond donors (Lipinski definition) is 2. The first-order valence-corrected chi connectivity index (χ1v) is 7.24. The van der Waals surface area contributed by atoms with Gasteiger partial charge in [0.25, 0.3) is 0 Å². The molecule has 0 amide bonds. The van der Waals surface area contributed by atoms with Crippen LogP contribution in [-0.2, 0) is 6.42 Å². The molecule has 2 aromatic carbocycles. The van der Waals surface area contributed by atoms with E-state index in [1.54, 1.807) is 0 Å². The molecule has 104 valence electrons. The standard InChI is InChI=1S/C18H22N2/c1-10-11(2)16(18(20)17(19)12(10)3)15-9-8-13-6-4-5-7-14(13)15/h4-7,15H,8-9,19-20H2,1-3H3. The number of anilines is 2. The van der Waals surface area contributed by atoms with Crippen molar-refractivity contribution >= 4 is 11.4 Å². The molecule has 1 unspecified atom stereocenters. The van der Waals surface area contributed by atoms with Crippen molar-refractivity contribution in [1.82, 2.24) is 0 Å². The van der Waals surface area contributed by atoms with Crippen molar-refractivity contribution in [2.24, 2.45) is 0 Å². The number of fused-ring (bicyclic) bond motifs is 1. The molecule has 0 heterocycles. The molecule has 1 aliphatic rings. The van der Waals surface area contributed by atoms with Crippen LogP contribution in [0.2, 0.25) is 0 Å². The summed E-state index contributed by atoms with van der Waals surface area (Å²) in [4.78, 5) is 0. The van der Waals surface area contributed by atoms with Gasteiger partial charge < -0.3 is 11.5 Å². The Labute approximate surface area is 120 Å². The van der Waals surface area contributed by atoms with Crippen LogP contribution in [0.25, 0.3) is 0 Å². The molecule has 0 aromatic heterocycles. The molecule has 0 spiro atoms. The second-order valence-corrected chi connectivity index (χ2v) is 5.91. The van der Waals surface area contributed by atoms with Gasteiger partial charge in [-0.2, -0.15) is 0 Å². The number of aryl methyl sites for hydroxylation is 1. The SMILES string of the molecule is Cc1c(C)c(N)c(N)c(C2CCc3ccccc32)c1C. The molecular weight excluding hydrogens is 244 g/mol. The van der Waals surface area contributed by atoms with Gasteiger partial charge in [0.05, 0.1) is 11.4 Å². The number of nitrogens with two attached hydrogens (primary N) is 2. The summed E-state index contributed by atoms with van der Waals surface area (Å²) < 4.78 is 0. The quantitative estimate of drug-likeness (QED) is 0.770. The van der Waals surface area contributed by atoms with Crippen molar-refractivity contribution < 1.29 is 0 Å². The Kier molecular flexibility index (Phi) is 2.97. The Morgan fingerprint density at radius 2 is 1.60 bits per heavy atom. The van der Waals surface area contributed by atoms with E-state index in [2.05, 4.69) is 45.0 Å². The molecule has 1 atom stereocenters. The monoisotopic (exact) mass is 266 g/mol. The molecule has 20 heavy (non-hydrogen) atoms. The fourth-order valence-corrected chi connectivity index (χ4v) is 3.54. The lowest BCUT2D eigenvalue weighted by molar-refractivity contribution is 0.783. The van der Waals surface area contributed by atoms with E-state index in [1.165, 1.54) is 27.8 Å². The molecule has 0 aliphatic heterocycles. The minimum Gasteiger partial charge on any atom is -0.397 e. The maximum absolute atomic E-state index is 6.37. The molecule has 4 N–H and O–H groups in total. The lowest BCUT2D eigenvalue weighted by atomic mass is 9.84. The highest BCUT2D eigenvalue weighted by Crippen LogP contribution is 2.44. The maximum Gasteiger partial charge on any atom is 0.0592 e. The van der Waals surface area contributed by atoms with Gasteiger partial charge in [0.15, 0.2) is 0 Å². The topological polar surface area (TPSA) is 52.0 Å². The van der Waals surface area contributed by atoms with Crippen LogP contribution in [0.5, 0.6) is 0 Å². The summed E-state index contributed by atoms with van der Waals surface area (Å²) in [6.45, 7) is 6.37. The van der Waals surface area contributed by atoms with Crippen molar-refractivity contribution in [2.45, 2.75) is 39.5 Å². The van der Waals surface area contributed by atoms with Gasteiger partial charge in [-0.3, -0.25) is 0 Å². The highest BCUT2D eigenvalue weighted by atomic mass is 14.7. The third kappa shape index (κ3) is 1.71. The van der Waals surface area contributed by atoms with Crippen molar-refractivity contribution in [3.63, 3.8) is 0 Å². The van der Waals surface area contributed by atoms with Crippen LogP contribution in [-0.4, -0.2) is 0 Å². The fourth-order valence-electron chi connectivity index (χ4n) is 3.54. The lowest BCUT2D eigenvalue weighted by Gasteiger charge is -2.23. The minimum atomic E-state index is 0.396. The van der Waals surface area contributed by atoms with Crippen molar-refractivity contribution in [2.75, 3.05) is 11.5 Å². The predicted octanol–water partition coefficient (Wildman–Crippen LogP) is 3.85.